The van der Waals surface area contributed by atoms with Crippen molar-refractivity contribution in [3.63, 3.8) is 0 Å². The van der Waals surface area contributed by atoms with Crippen LogP contribution in [0.25, 0.3) is 11.5 Å². The fourth-order valence-electron chi connectivity index (χ4n) is 2.65. The van der Waals surface area contributed by atoms with Gasteiger partial charge in [-0.2, -0.15) is 0 Å². The molecule has 3 rings (SSSR count). The Morgan fingerprint density at radius 2 is 1.88 bits per heavy atom. The highest BCUT2D eigenvalue weighted by Gasteiger charge is 2.30. The number of hydrogen-bond acceptors (Lipinski definition) is 5. The Morgan fingerprint density at radius 3 is 2.48 bits per heavy atom. The molecule has 1 aromatic carbocycles. The van der Waals surface area contributed by atoms with Crippen LogP contribution in [0.1, 0.15) is 17.3 Å². The Kier molecular flexibility index (Phi) is 4.34. The van der Waals surface area contributed by atoms with Gasteiger partial charge in [-0.25, -0.2) is 8.42 Å². The van der Waals surface area contributed by atoms with Gasteiger partial charge in [-0.3, -0.25) is 4.72 Å². The van der Waals surface area contributed by atoms with E-state index in [1.807, 2.05) is 0 Å². The molecule has 0 atom stereocenters. The summed E-state index contributed by atoms with van der Waals surface area (Å²) in [4.78, 5) is 0.108. The van der Waals surface area contributed by atoms with E-state index >= 15 is 0 Å². The van der Waals surface area contributed by atoms with E-state index in [2.05, 4.69) is 14.9 Å². The van der Waals surface area contributed by atoms with E-state index in [1.165, 1.54) is 0 Å². The quantitative estimate of drug-likeness (QED) is 0.748. The largest absolute Gasteiger partial charge is 0.421 e. The molecule has 0 bridgehead atoms. The maximum Gasteiger partial charge on any atom is 0.264 e. The molecule has 2 aromatic heterocycles. The summed E-state index contributed by atoms with van der Waals surface area (Å²) in [6, 6.07) is 6.52. The lowest BCUT2D eigenvalue weighted by atomic mass is 10.2. The molecule has 9 heteroatoms. The Morgan fingerprint density at radius 1 is 1.16 bits per heavy atom. The molecule has 1 N–H and O–H groups in total. The molecule has 0 aliphatic heterocycles. The maximum absolute atomic E-state index is 13.0. The van der Waals surface area contributed by atoms with Crippen molar-refractivity contribution < 1.29 is 12.8 Å². The van der Waals surface area contributed by atoms with E-state index in [0.717, 1.165) is 0 Å². The second-order valence-electron chi connectivity index (χ2n) is 5.68. The van der Waals surface area contributed by atoms with Gasteiger partial charge in [-0.15, -0.1) is 10.2 Å². The Labute approximate surface area is 150 Å². The van der Waals surface area contributed by atoms with E-state index in [9.17, 15) is 8.42 Å². The lowest BCUT2D eigenvalue weighted by Gasteiger charge is -2.09. The predicted octanol–water partition coefficient (Wildman–Crippen LogP) is 3.45. The number of rotatable bonds is 4. The van der Waals surface area contributed by atoms with Gasteiger partial charge in [-0.05, 0) is 32.0 Å². The normalized spacial score (nSPS) is 11.7. The summed E-state index contributed by atoms with van der Waals surface area (Å²) in [5.74, 6) is 0.534. The lowest BCUT2D eigenvalue weighted by Crippen LogP contribution is -2.14. The van der Waals surface area contributed by atoms with E-state index in [0.29, 0.717) is 33.6 Å². The molecular weight excluding hydrogens is 364 g/mol. The monoisotopic (exact) mass is 380 g/mol. The first-order valence-electron chi connectivity index (χ1n) is 7.45. The minimum atomic E-state index is -3.89. The number of nitrogens with one attached hydrogen (secondary N) is 1. The SMILES string of the molecule is Cc1nnc(-c2c(S(=O)(=O)Nc3cccc(Cl)c3)c(C)n(C)c2C)o1. The third-order valence-electron chi connectivity index (χ3n) is 4.01. The molecule has 0 saturated heterocycles. The highest BCUT2D eigenvalue weighted by Crippen LogP contribution is 2.35. The minimum absolute atomic E-state index is 0.108. The highest BCUT2D eigenvalue weighted by atomic mass is 35.5. The fourth-order valence-corrected chi connectivity index (χ4v) is 4.41. The second-order valence-corrected chi connectivity index (χ2v) is 7.73. The van der Waals surface area contributed by atoms with Crippen molar-refractivity contribution >= 4 is 27.3 Å². The van der Waals surface area contributed by atoms with E-state index in [4.69, 9.17) is 16.0 Å². The molecule has 25 heavy (non-hydrogen) atoms. The van der Waals surface area contributed by atoms with Crippen molar-refractivity contribution in [1.29, 1.82) is 0 Å². The molecule has 0 spiro atoms. The van der Waals surface area contributed by atoms with Crippen LogP contribution in [0.2, 0.25) is 5.02 Å². The van der Waals surface area contributed by atoms with Crippen LogP contribution in [-0.4, -0.2) is 23.2 Å². The number of halogens is 1. The van der Waals surface area contributed by atoms with Crippen LogP contribution in [0.4, 0.5) is 5.69 Å². The molecule has 0 radical (unpaired) electrons. The van der Waals surface area contributed by atoms with Gasteiger partial charge in [-0.1, -0.05) is 17.7 Å². The number of nitrogens with zero attached hydrogens (tertiary/aromatic N) is 3. The summed E-state index contributed by atoms with van der Waals surface area (Å²) in [6.45, 7) is 5.19. The molecule has 0 unspecified atom stereocenters. The van der Waals surface area contributed by atoms with Gasteiger partial charge >= 0.3 is 0 Å². The number of aryl methyl sites for hydroxylation is 1. The third-order valence-corrected chi connectivity index (χ3v) is 5.79. The summed E-state index contributed by atoms with van der Waals surface area (Å²) >= 11 is 5.94. The standard InChI is InChI=1S/C16H17ClN4O3S/c1-9-14(16-19-18-11(3)24-16)15(10(2)21(9)4)25(22,23)20-13-7-5-6-12(17)8-13/h5-8,20H,1-4H3. The van der Waals surface area contributed by atoms with Crippen molar-refractivity contribution in [2.24, 2.45) is 7.05 Å². The fraction of sp³-hybridized carbons (Fsp3) is 0.250. The van der Waals surface area contributed by atoms with Crippen LogP contribution in [0, 0.1) is 20.8 Å². The number of hydrogen-bond donors (Lipinski definition) is 1. The van der Waals surface area contributed by atoms with Gasteiger partial charge in [0, 0.05) is 30.4 Å². The first-order valence-corrected chi connectivity index (χ1v) is 9.31. The van der Waals surface area contributed by atoms with Crippen molar-refractivity contribution in [1.82, 2.24) is 14.8 Å². The zero-order valence-electron chi connectivity index (χ0n) is 14.2. The molecule has 0 aliphatic carbocycles. The second kappa shape index (κ2) is 6.20. The average Bonchev–Trinajstić information content (AvgIpc) is 3.04. The average molecular weight is 381 g/mol. The van der Waals surface area contributed by atoms with E-state index in [1.54, 1.807) is 56.7 Å². The minimum Gasteiger partial charge on any atom is -0.421 e. The number of aromatic nitrogens is 3. The molecule has 0 amide bonds. The van der Waals surface area contributed by atoms with Crippen molar-refractivity contribution in [3.05, 3.63) is 46.6 Å². The molecule has 0 fully saturated rings. The van der Waals surface area contributed by atoms with Gasteiger partial charge in [0.2, 0.25) is 5.89 Å². The molecule has 0 saturated carbocycles. The Hall–Kier alpha value is -2.32. The zero-order chi connectivity index (χ0) is 18.4. The number of benzene rings is 1. The van der Waals surface area contributed by atoms with Crippen LogP contribution in [0.3, 0.4) is 0 Å². The third kappa shape index (κ3) is 3.14. The maximum atomic E-state index is 13.0. The van der Waals surface area contributed by atoms with Gasteiger partial charge in [0.1, 0.15) is 4.90 Å². The summed E-state index contributed by atoms with van der Waals surface area (Å²) < 4.78 is 35.9. The smallest absolute Gasteiger partial charge is 0.264 e. The molecular formula is C16H17ClN4O3S. The van der Waals surface area contributed by atoms with Gasteiger partial charge in [0.15, 0.2) is 0 Å². The van der Waals surface area contributed by atoms with Crippen LogP contribution in [-0.2, 0) is 17.1 Å². The molecule has 0 aliphatic rings. The van der Waals surface area contributed by atoms with Crippen LogP contribution in [0.15, 0.2) is 33.6 Å². The van der Waals surface area contributed by atoms with E-state index in [-0.39, 0.29) is 10.8 Å². The molecule has 132 valence electrons. The predicted molar refractivity (Wildman–Crippen MR) is 95.2 cm³/mol. The van der Waals surface area contributed by atoms with Crippen molar-refractivity contribution in [2.45, 2.75) is 25.7 Å². The molecule has 7 nitrogen and oxygen atoms in total. The molecule has 2 heterocycles. The van der Waals surface area contributed by atoms with Crippen LogP contribution >= 0.6 is 11.6 Å². The highest BCUT2D eigenvalue weighted by molar-refractivity contribution is 7.93. The zero-order valence-corrected chi connectivity index (χ0v) is 15.7. The lowest BCUT2D eigenvalue weighted by molar-refractivity contribution is 0.530. The van der Waals surface area contributed by atoms with E-state index < -0.39 is 10.0 Å². The van der Waals surface area contributed by atoms with Gasteiger partial charge in [0.25, 0.3) is 15.9 Å². The molecule has 3 aromatic rings. The Bertz CT molecular complexity index is 1050. The van der Waals surface area contributed by atoms with Gasteiger partial charge < -0.3 is 8.98 Å². The summed E-state index contributed by atoms with van der Waals surface area (Å²) in [6.07, 6.45) is 0. The number of sulfonamides is 1. The van der Waals surface area contributed by atoms with Crippen molar-refractivity contribution in [3.8, 4) is 11.5 Å². The van der Waals surface area contributed by atoms with Crippen LogP contribution < -0.4 is 4.72 Å². The van der Waals surface area contributed by atoms with Crippen molar-refractivity contribution in [2.75, 3.05) is 4.72 Å². The van der Waals surface area contributed by atoms with Crippen LogP contribution in [0.5, 0.6) is 0 Å². The summed E-state index contributed by atoms with van der Waals surface area (Å²) in [5.41, 5.74) is 2.06. The first-order chi connectivity index (χ1) is 11.7. The summed E-state index contributed by atoms with van der Waals surface area (Å²) in [5, 5.41) is 8.23. The topological polar surface area (TPSA) is 90.0 Å². The summed E-state index contributed by atoms with van der Waals surface area (Å²) in [7, 11) is -2.10. The number of anilines is 1. The first kappa shape index (κ1) is 17.5. The Balaban J connectivity index is 2.17. The van der Waals surface area contributed by atoms with Gasteiger partial charge in [0.05, 0.1) is 11.3 Å².